The molecular formula is C18H16FN5O3S. The fourth-order valence-electron chi connectivity index (χ4n) is 2.17. The van der Waals surface area contributed by atoms with Crippen LogP contribution in [-0.4, -0.2) is 29.2 Å². The lowest BCUT2D eigenvalue weighted by atomic mass is 10.3. The Kier molecular flexibility index (Phi) is 6.12. The largest absolute Gasteiger partial charge is 0.497 e. The summed E-state index contributed by atoms with van der Waals surface area (Å²) >= 11 is 1.05. The molecule has 0 saturated heterocycles. The lowest BCUT2D eigenvalue weighted by Gasteiger charge is -2.07. The summed E-state index contributed by atoms with van der Waals surface area (Å²) in [6.45, 7) is 0.108. The van der Waals surface area contributed by atoms with Crippen LogP contribution in [0.5, 0.6) is 5.75 Å². The van der Waals surface area contributed by atoms with Crippen molar-refractivity contribution in [1.29, 1.82) is 0 Å². The third-order valence-corrected chi connectivity index (χ3v) is 4.41. The zero-order valence-corrected chi connectivity index (χ0v) is 15.5. The van der Waals surface area contributed by atoms with Gasteiger partial charge in [0.25, 0.3) is 5.91 Å². The molecule has 0 atom stereocenters. The minimum absolute atomic E-state index is 0.108. The highest BCUT2D eigenvalue weighted by atomic mass is 32.1. The van der Waals surface area contributed by atoms with Crippen molar-refractivity contribution >= 4 is 34.6 Å². The molecule has 1 heterocycles. The fraction of sp³-hybridized carbons (Fsp3) is 0.111. The Labute approximate surface area is 163 Å². The second kappa shape index (κ2) is 8.91. The molecule has 3 rings (SSSR count). The van der Waals surface area contributed by atoms with Gasteiger partial charge in [0.15, 0.2) is 0 Å². The van der Waals surface area contributed by atoms with E-state index in [1.807, 2.05) is 0 Å². The number of anilines is 2. The van der Waals surface area contributed by atoms with Crippen molar-refractivity contribution in [3.05, 3.63) is 64.4 Å². The zero-order chi connectivity index (χ0) is 19.9. The van der Waals surface area contributed by atoms with E-state index in [4.69, 9.17) is 4.74 Å². The summed E-state index contributed by atoms with van der Waals surface area (Å²) in [7, 11) is 1.54. The van der Waals surface area contributed by atoms with Gasteiger partial charge >= 0.3 is 6.03 Å². The van der Waals surface area contributed by atoms with Gasteiger partial charge in [0.1, 0.15) is 16.6 Å². The van der Waals surface area contributed by atoms with Crippen LogP contribution in [-0.2, 0) is 6.54 Å². The highest BCUT2D eigenvalue weighted by Gasteiger charge is 2.14. The van der Waals surface area contributed by atoms with E-state index < -0.39 is 17.8 Å². The average molecular weight is 401 g/mol. The third kappa shape index (κ3) is 5.24. The maximum Gasteiger partial charge on any atom is 0.319 e. The first kappa shape index (κ1) is 19.2. The molecule has 0 bridgehead atoms. The molecule has 3 amide bonds. The monoisotopic (exact) mass is 401 g/mol. The van der Waals surface area contributed by atoms with Crippen molar-refractivity contribution in [3.8, 4) is 5.75 Å². The highest BCUT2D eigenvalue weighted by molar-refractivity contribution is 7.13. The normalized spacial score (nSPS) is 10.2. The molecule has 144 valence electrons. The summed E-state index contributed by atoms with van der Waals surface area (Å²) in [5.41, 5.74) is 1.02. The quantitative estimate of drug-likeness (QED) is 0.588. The van der Waals surface area contributed by atoms with E-state index in [-0.39, 0.29) is 11.6 Å². The van der Waals surface area contributed by atoms with E-state index in [0.29, 0.717) is 22.1 Å². The number of aromatic nitrogens is 2. The highest BCUT2D eigenvalue weighted by Crippen LogP contribution is 2.17. The Morgan fingerprint density at radius 3 is 2.61 bits per heavy atom. The molecule has 1 aromatic heterocycles. The zero-order valence-electron chi connectivity index (χ0n) is 14.7. The van der Waals surface area contributed by atoms with Crippen molar-refractivity contribution in [2.24, 2.45) is 0 Å². The molecule has 0 spiro atoms. The number of halogens is 1. The van der Waals surface area contributed by atoms with Crippen LogP contribution in [0.25, 0.3) is 0 Å². The van der Waals surface area contributed by atoms with Crippen LogP contribution in [0.1, 0.15) is 14.8 Å². The Balaban J connectivity index is 1.51. The SMILES string of the molecule is COc1cccc(NC(=O)NCc2nnc(C(=O)Nc3ccc(F)cc3)s2)c1. The van der Waals surface area contributed by atoms with Crippen molar-refractivity contribution in [2.75, 3.05) is 17.7 Å². The van der Waals surface area contributed by atoms with Gasteiger partial charge in [0.2, 0.25) is 5.01 Å². The lowest BCUT2D eigenvalue weighted by molar-refractivity contribution is 0.102. The first-order valence-electron chi connectivity index (χ1n) is 8.11. The molecule has 10 heteroatoms. The van der Waals surface area contributed by atoms with E-state index in [2.05, 4.69) is 26.1 Å². The van der Waals surface area contributed by atoms with Gasteiger partial charge in [-0.1, -0.05) is 17.4 Å². The smallest absolute Gasteiger partial charge is 0.319 e. The maximum absolute atomic E-state index is 12.9. The first-order chi connectivity index (χ1) is 13.5. The minimum atomic E-state index is -0.462. The predicted octanol–water partition coefficient (Wildman–Crippen LogP) is 3.26. The van der Waals surface area contributed by atoms with Gasteiger partial charge < -0.3 is 20.7 Å². The number of benzene rings is 2. The molecule has 28 heavy (non-hydrogen) atoms. The molecule has 0 radical (unpaired) electrons. The van der Waals surface area contributed by atoms with Crippen molar-refractivity contribution in [3.63, 3.8) is 0 Å². The molecule has 0 aliphatic carbocycles. The number of nitrogens with zero attached hydrogens (tertiary/aromatic N) is 2. The summed E-state index contributed by atoms with van der Waals surface area (Å²) in [5, 5.41) is 16.2. The molecule has 0 saturated carbocycles. The fourth-order valence-corrected chi connectivity index (χ4v) is 2.84. The molecule has 3 N–H and O–H groups in total. The number of hydrogen-bond acceptors (Lipinski definition) is 6. The van der Waals surface area contributed by atoms with E-state index in [9.17, 15) is 14.0 Å². The standard InChI is InChI=1S/C18H16FN5O3S/c1-27-14-4-2-3-13(9-14)22-18(26)20-10-15-23-24-17(28-15)16(25)21-12-7-5-11(19)6-8-12/h2-9H,10H2,1H3,(H,21,25)(H2,20,22,26). The first-order valence-corrected chi connectivity index (χ1v) is 8.93. The summed E-state index contributed by atoms with van der Waals surface area (Å²) in [4.78, 5) is 24.1. The van der Waals surface area contributed by atoms with Gasteiger partial charge in [-0.15, -0.1) is 10.2 Å². The summed E-state index contributed by atoms with van der Waals surface area (Å²) < 4.78 is 18.0. The van der Waals surface area contributed by atoms with Gasteiger partial charge in [-0.25, -0.2) is 9.18 Å². The van der Waals surface area contributed by atoms with E-state index >= 15 is 0 Å². The van der Waals surface area contributed by atoms with E-state index in [1.165, 1.54) is 24.3 Å². The average Bonchev–Trinajstić information content (AvgIpc) is 3.17. The maximum atomic E-state index is 12.9. The van der Waals surface area contributed by atoms with Gasteiger partial charge in [0.05, 0.1) is 13.7 Å². The number of methoxy groups -OCH3 is 1. The number of amides is 3. The Bertz CT molecular complexity index is 977. The van der Waals surface area contributed by atoms with Crippen molar-refractivity contribution in [2.45, 2.75) is 6.54 Å². The van der Waals surface area contributed by atoms with Crippen molar-refractivity contribution < 1.29 is 18.7 Å². The molecule has 0 fully saturated rings. The molecule has 0 aliphatic heterocycles. The van der Waals surface area contributed by atoms with Crippen LogP contribution < -0.4 is 20.7 Å². The Morgan fingerprint density at radius 1 is 1.07 bits per heavy atom. The molecule has 3 aromatic rings. The number of nitrogens with one attached hydrogen (secondary N) is 3. The van der Waals surface area contributed by atoms with Crippen molar-refractivity contribution in [1.82, 2.24) is 15.5 Å². The van der Waals surface area contributed by atoms with E-state index in [0.717, 1.165) is 11.3 Å². The van der Waals surface area contributed by atoms with Gasteiger partial charge in [-0.3, -0.25) is 4.79 Å². The molecule has 2 aromatic carbocycles. The van der Waals surface area contributed by atoms with Gasteiger partial charge in [-0.05, 0) is 36.4 Å². The summed E-state index contributed by atoms with van der Waals surface area (Å²) in [6.07, 6.45) is 0. The third-order valence-electron chi connectivity index (χ3n) is 3.49. The van der Waals surface area contributed by atoms with E-state index in [1.54, 1.807) is 31.4 Å². The molecule has 8 nitrogen and oxygen atoms in total. The topological polar surface area (TPSA) is 105 Å². The van der Waals surface area contributed by atoms with Crippen LogP contribution in [0.2, 0.25) is 0 Å². The van der Waals surface area contributed by atoms with Crippen LogP contribution in [0.15, 0.2) is 48.5 Å². The number of carbonyl (C=O) groups is 2. The molecule has 0 aliphatic rings. The second-order valence-electron chi connectivity index (χ2n) is 5.50. The predicted molar refractivity (Wildman–Crippen MR) is 103 cm³/mol. The summed E-state index contributed by atoms with van der Waals surface area (Å²) in [6, 6.07) is 11.9. The second-order valence-corrected chi connectivity index (χ2v) is 6.56. The molecule has 0 unspecified atom stereocenters. The Hall–Kier alpha value is -3.53. The van der Waals surface area contributed by atoms with Crippen LogP contribution in [0.3, 0.4) is 0 Å². The van der Waals surface area contributed by atoms with Crippen LogP contribution in [0.4, 0.5) is 20.6 Å². The number of ether oxygens (including phenoxy) is 1. The minimum Gasteiger partial charge on any atom is -0.497 e. The summed E-state index contributed by atoms with van der Waals surface area (Å²) in [5.74, 6) is -0.232. The van der Waals surface area contributed by atoms with Gasteiger partial charge in [-0.2, -0.15) is 0 Å². The lowest BCUT2D eigenvalue weighted by Crippen LogP contribution is -2.28. The number of hydrogen-bond donors (Lipinski definition) is 3. The van der Waals surface area contributed by atoms with Crippen LogP contribution in [0, 0.1) is 5.82 Å². The number of urea groups is 1. The van der Waals surface area contributed by atoms with Gasteiger partial charge in [0, 0.05) is 17.4 Å². The Morgan fingerprint density at radius 2 is 1.86 bits per heavy atom. The van der Waals surface area contributed by atoms with Crippen LogP contribution >= 0.6 is 11.3 Å². The molecular weight excluding hydrogens is 385 g/mol. The number of rotatable bonds is 6. The number of carbonyl (C=O) groups excluding carboxylic acids is 2.